The van der Waals surface area contributed by atoms with Crippen LogP contribution in [0.4, 0.5) is 0 Å². The molecule has 8 atom stereocenters. The van der Waals surface area contributed by atoms with Crippen molar-refractivity contribution in [2.24, 2.45) is 56.2 Å². The lowest BCUT2D eigenvalue weighted by molar-refractivity contribution is -0.232. The van der Waals surface area contributed by atoms with E-state index in [1.165, 1.54) is 5.57 Å². The standard InChI is InChI=1S/C49H71N3O6/c1-30(2)38-32(53)28-48(21-18-36(54)52-49(24-25-49)40-50-26-13-27-51-40)23-22-46(11)31(39(38)48)14-15-34-45(10)19-17-35(44(8,9)33(45)16-20-47(34,46)12)57-37(55)29-43(6,7)41(56)58-42(3,4)5/h13,18,21,26-27,30-31,33-35H,14-17,19-20,22-25,28-29H2,1-12H3,(H,52,54)/b21-18+/t31-,33+,34-,35+,45+,46-,47-,48+/m1/s1. The largest absolute Gasteiger partial charge is 0.462 e. The highest BCUT2D eigenvalue weighted by Gasteiger charge is 2.70. The summed E-state index contributed by atoms with van der Waals surface area (Å²) >= 11 is 0. The van der Waals surface area contributed by atoms with Crippen LogP contribution in [0, 0.1) is 56.2 Å². The van der Waals surface area contributed by atoms with E-state index in [9.17, 15) is 19.2 Å². The summed E-state index contributed by atoms with van der Waals surface area (Å²) in [7, 11) is 0. The van der Waals surface area contributed by atoms with Crippen LogP contribution < -0.4 is 5.32 Å². The van der Waals surface area contributed by atoms with Crippen molar-refractivity contribution in [2.75, 3.05) is 0 Å². The van der Waals surface area contributed by atoms with Crippen LogP contribution >= 0.6 is 0 Å². The SMILES string of the molecule is CC(C)C1=C2[C@H]3CC[C@@H]4[C@@]5(C)CC[C@H](OC(=O)CC(C)(C)C(=O)OC(C)(C)C)C(C)(C)[C@@H]5CC[C@@]4(C)[C@]3(C)CC[C@@]2(/C=C/C(=O)NC2(c3ncccn3)CC2)CC1=O. The molecule has 6 aliphatic rings. The Morgan fingerprint density at radius 1 is 0.862 bits per heavy atom. The number of hydrogen-bond acceptors (Lipinski definition) is 8. The van der Waals surface area contributed by atoms with Crippen molar-refractivity contribution in [1.29, 1.82) is 0 Å². The first-order chi connectivity index (χ1) is 26.8. The summed E-state index contributed by atoms with van der Waals surface area (Å²) < 4.78 is 12.0. The lowest BCUT2D eigenvalue weighted by atomic mass is 9.33. The molecule has 5 saturated carbocycles. The average Bonchev–Trinajstić information content (AvgIpc) is 3.83. The summed E-state index contributed by atoms with van der Waals surface area (Å²) in [5, 5.41) is 3.23. The summed E-state index contributed by atoms with van der Waals surface area (Å²) in [5.74, 6) is 1.31. The number of aromatic nitrogens is 2. The van der Waals surface area contributed by atoms with Crippen LogP contribution in [0.1, 0.15) is 166 Å². The number of esters is 2. The summed E-state index contributed by atoms with van der Waals surface area (Å²) in [4.78, 5) is 63.1. The molecule has 9 heteroatoms. The van der Waals surface area contributed by atoms with E-state index in [2.05, 4.69) is 69.8 Å². The number of nitrogens with zero attached hydrogens (tertiary/aromatic N) is 2. The van der Waals surface area contributed by atoms with Crippen molar-refractivity contribution < 1.29 is 28.7 Å². The molecule has 58 heavy (non-hydrogen) atoms. The van der Waals surface area contributed by atoms with Gasteiger partial charge in [0.1, 0.15) is 17.2 Å². The minimum atomic E-state index is -0.982. The molecule has 1 amide bonds. The molecule has 1 N–H and O–H groups in total. The molecular weight excluding hydrogens is 727 g/mol. The van der Waals surface area contributed by atoms with Crippen LogP contribution in [0.3, 0.4) is 0 Å². The molecular formula is C49H71N3O6. The number of ketones is 1. The number of rotatable bonds is 9. The fraction of sp³-hybridized carbons (Fsp3) is 0.755. The molecule has 1 heterocycles. The molecule has 9 nitrogen and oxygen atoms in total. The van der Waals surface area contributed by atoms with Crippen LogP contribution in [0.2, 0.25) is 0 Å². The number of hydrogen-bond donors (Lipinski definition) is 1. The maximum atomic E-state index is 14.1. The summed E-state index contributed by atoms with van der Waals surface area (Å²) in [6.07, 6.45) is 17.1. The minimum absolute atomic E-state index is 0.00693. The first-order valence-electron chi connectivity index (χ1n) is 22.3. The molecule has 0 aromatic carbocycles. The Balaban J connectivity index is 1.11. The van der Waals surface area contributed by atoms with E-state index in [1.807, 2.05) is 20.8 Å². The molecule has 1 aromatic rings. The van der Waals surface area contributed by atoms with Gasteiger partial charge in [-0.05, 0) is 162 Å². The third-order valence-corrected chi connectivity index (χ3v) is 16.9. The zero-order valence-electron chi connectivity index (χ0n) is 37.6. The Bertz CT molecular complexity index is 1900. The van der Waals surface area contributed by atoms with Gasteiger partial charge in [0.25, 0.3) is 0 Å². The molecule has 5 fully saturated rings. The second-order valence-corrected chi connectivity index (χ2v) is 22.7. The average molecular weight is 798 g/mol. The summed E-state index contributed by atoms with van der Waals surface area (Å²) in [6, 6.07) is 1.79. The van der Waals surface area contributed by atoms with Crippen molar-refractivity contribution in [3.8, 4) is 0 Å². The first kappa shape index (κ1) is 42.8. The maximum absolute atomic E-state index is 14.1. The Morgan fingerprint density at radius 3 is 2.16 bits per heavy atom. The normalized spacial score (nSPS) is 36.4. The smallest absolute Gasteiger partial charge is 0.312 e. The molecule has 7 rings (SSSR count). The van der Waals surface area contributed by atoms with Crippen molar-refractivity contribution in [3.63, 3.8) is 0 Å². The number of Topliss-reactive ketones (excluding diaryl/α,β-unsaturated/α-hetero) is 1. The van der Waals surface area contributed by atoms with Gasteiger partial charge in [-0.3, -0.25) is 19.2 Å². The van der Waals surface area contributed by atoms with Gasteiger partial charge in [-0.2, -0.15) is 0 Å². The second kappa shape index (κ2) is 14.1. The highest BCUT2D eigenvalue weighted by molar-refractivity contribution is 6.01. The van der Waals surface area contributed by atoms with E-state index in [4.69, 9.17) is 9.47 Å². The number of ether oxygens (including phenoxy) is 2. The highest BCUT2D eigenvalue weighted by Crippen LogP contribution is 2.77. The highest BCUT2D eigenvalue weighted by atomic mass is 16.6. The monoisotopic (exact) mass is 798 g/mol. The fourth-order valence-electron chi connectivity index (χ4n) is 13.7. The molecule has 318 valence electrons. The lowest BCUT2D eigenvalue weighted by Crippen LogP contribution is -2.65. The Labute approximate surface area is 347 Å². The Morgan fingerprint density at radius 2 is 1.53 bits per heavy atom. The van der Waals surface area contributed by atoms with Crippen LogP contribution in [0.15, 0.2) is 41.8 Å². The molecule has 0 bridgehead atoms. The van der Waals surface area contributed by atoms with Crippen molar-refractivity contribution in [2.45, 2.75) is 177 Å². The Kier molecular flexibility index (Phi) is 10.4. The van der Waals surface area contributed by atoms with Crippen LogP contribution in [0.25, 0.3) is 0 Å². The summed E-state index contributed by atoms with van der Waals surface area (Å²) in [5.41, 5.74) is -0.333. The van der Waals surface area contributed by atoms with E-state index in [1.54, 1.807) is 38.4 Å². The van der Waals surface area contributed by atoms with E-state index in [0.29, 0.717) is 24.1 Å². The Hall–Kier alpha value is -3.36. The zero-order chi connectivity index (χ0) is 42.5. The van der Waals surface area contributed by atoms with Gasteiger partial charge < -0.3 is 14.8 Å². The number of amides is 1. The van der Waals surface area contributed by atoms with Crippen molar-refractivity contribution in [3.05, 3.63) is 47.6 Å². The lowest BCUT2D eigenvalue weighted by Gasteiger charge is -2.72. The number of allylic oxidation sites excluding steroid dienone is 3. The van der Waals surface area contributed by atoms with Crippen LogP contribution in [0.5, 0.6) is 0 Å². The molecule has 1 aromatic heterocycles. The third-order valence-electron chi connectivity index (χ3n) is 16.9. The molecule has 0 saturated heterocycles. The van der Waals surface area contributed by atoms with Gasteiger partial charge in [-0.25, -0.2) is 9.97 Å². The van der Waals surface area contributed by atoms with Gasteiger partial charge in [0.05, 0.1) is 11.8 Å². The predicted octanol–water partition coefficient (Wildman–Crippen LogP) is 9.79. The predicted molar refractivity (Wildman–Crippen MR) is 224 cm³/mol. The molecule has 0 radical (unpaired) electrons. The van der Waals surface area contributed by atoms with Gasteiger partial charge in [-0.1, -0.05) is 54.5 Å². The zero-order valence-corrected chi connectivity index (χ0v) is 37.6. The molecule has 6 aliphatic carbocycles. The van der Waals surface area contributed by atoms with Gasteiger partial charge in [0, 0.05) is 29.6 Å². The fourth-order valence-corrected chi connectivity index (χ4v) is 13.7. The van der Waals surface area contributed by atoms with Gasteiger partial charge in [0.15, 0.2) is 11.6 Å². The van der Waals surface area contributed by atoms with E-state index >= 15 is 0 Å². The maximum Gasteiger partial charge on any atom is 0.312 e. The first-order valence-corrected chi connectivity index (χ1v) is 22.3. The second-order valence-electron chi connectivity index (χ2n) is 22.7. The molecule has 0 spiro atoms. The topological polar surface area (TPSA) is 125 Å². The van der Waals surface area contributed by atoms with Crippen molar-refractivity contribution >= 4 is 23.6 Å². The van der Waals surface area contributed by atoms with Crippen molar-refractivity contribution in [1.82, 2.24) is 15.3 Å². The van der Waals surface area contributed by atoms with Gasteiger partial charge >= 0.3 is 11.9 Å². The summed E-state index contributed by atoms with van der Waals surface area (Å²) in [6.45, 7) is 25.7. The number of fused-ring (bicyclic) bond motifs is 7. The van der Waals surface area contributed by atoms with Gasteiger partial charge in [0.2, 0.25) is 5.91 Å². The number of nitrogens with one attached hydrogen (secondary N) is 1. The number of carbonyl (C=O) groups is 4. The van der Waals surface area contributed by atoms with Gasteiger partial charge in [-0.15, -0.1) is 0 Å². The molecule has 0 aliphatic heterocycles. The third kappa shape index (κ3) is 6.90. The minimum Gasteiger partial charge on any atom is -0.462 e. The van der Waals surface area contributed by atoms with Crippen LogP contribution in [-0.2, 0) is 34.2 Å². The number of carbonyl (C=O) groups excluding carboxylic acids is 4. The molecule has 0 unspecified atom stereocenters. The van der Waals surface area contributed by atoms with E-state index in [-0.39, 0.29) is 69.6 Å². The van der Waals surface area contributed by atoms with Crippen LogP contribution in [-0.4, -0.2) is 45.3 Å². The van der Waals surface area contributed by atoms with E-state index < -0.39 is 22.0 Å². The quantitative estimate of drug-likeness (QED) is 0.194. The van der Waals surface area contributed by atoms with E-state index in [0.717, 1.165) is 69.8 Å².